The third kappa shape index (κ3) is 2.33. The van der Waals surface area contributed by atoms with E-state index in [2.05, 4.69) is 5.32 Å². The molecule has 0 aromatic carbocycles. The highest BCUT2D eigenvalue weighted by molar-refractivity contribution is 7.80. The summed E-state index contributed by atoms with van der Waals surface area (Å²) in [6.07, 6.45) is 8.24. The van der Waals surface area contributed by atoms with E-state index in [-0.39, 0.29) is 5.54 Å². The van der Waals surface area contributed by atoms with E-state index in [0.29, 0.717) is 4.99 Å². The van der Waals surface area contributed by atoms with Crippen molar-refractivity contribution in [1.82, 2.24) is 4.98 Å². The fraction of sp³-hybridized carbons (Fsp3) is 0.647. The SMILES string of the molecule is Cc1ccc(C(N)=S)c(NC23CC4CC(CC(C4)C2)C3)n1. The zero-order valence-electron chi connectivity index (χ0n) is 12.6. The van der Waals surface area contributed by atoms with Gasteiger partial charge in [-0.3, -0.25) is 0 Å². The van der Waals surface area contributed by atoms with Crippen molar-refractivity contribution in [1.29, 1.82) is 0 Å². The Morgan fingerprint density at radius 1 is 1.19 bits per heavy atom. The van der Waals surface area contributed by atoms with E-state index in [0.717, 1.165) is 34.8 Å². The topological polar surface area (TPSA) is 50.9 Å². The smallest absolute Gasteiger partial charge is 0.136 e. The Balaban J connectivity index is 1.67. The Morgan fingerprint density at radius 2 is 1.76 bits per heavy atom. The molecule has 4 fully saturated rings. The molecule has 0 spiro atoms. The lowest BCUT2D eigenvalue weighted by Gasteiger charge is -2.57. The lowest BCUT2D eigenvalue weighted by molar-refractivity contribution is 0.0105. The van der Waals surface area contributed by atoms with Crippen LogP contribution in [-0.4, -0.2) is 15.5 Å². The minimum absolute atomic E-state index is 0.245. The highest BCUT2D eigenvalue weighted by atomic mass is 32.1. The molecule has 0 aliphatic heterocycles. The van der Waals surface area contributed by atoms with Crippen LogP contribution in [0.3, 0.4) is 0 Å². The molecule has 112 valence electrons. The van der Waals surface area contributed by atoms with Crippen LogP contribution in [0.1, 0.15) is 49.8 Å². The van der Waals surface area contributed by atoms with Gasteiger partial charge in [-0.1, -0.05) is 12.2 Å². The van der Waals surface area contributed by atoms with Gasteiger partial charge in [-0.25, -0.2) is 4.98 Å². The van der Waals surface area contributed by atoms with Crippen LogP contribution >= 0.6 is 12.2 Å². The van der Waals surface area contributed by atoms with Crippen molar-refractivity contribution < 1.29 is 0 Å². The van der Waals surface area contributed by atoms with E-state index in [1.807, 2.05) is 19.1 Å². The molecular formula is C17H23N3S. The first-order valence-corrected chi connectivity index (χ1v) is 8.49. The molecule has 0 radical (unpaired) electrons. The predicted molar refractivity (Wildman–Crippen MR) is 89.4 cm³/mol. The molecule has 1 aromatic rings. The van der Waals surface area contributed by atoms with E-state index in [9.17, 15) is 0 Å². The number of nitrogens with one attached hydrogen (secondary N) is 1. The maximum absolute atomic E-state index is 5.88. The summed E-state index contributed by atoms with van der Waals surface area (Å²) in [7, 11) is 0. The maximum atomic E-state index is 5.88. The van der Waals surface area contributed by atoms with E-state index < -0.39 is 0 Å². The largest absolute Gasteiger partial charge is 0.389 e. The number of aryl methyl sites for hydroxylation is 1. The first kappa shape index (κ1) is 13.5. The zero-order valence-corrected chi connectivity index (χ0v) is 13.4. The predicted octanol–water partition coefficient (Wildman–Crippen LogP) is 3.40. The van der Waals surface area contributed by atoms with Crippen LogP contribution in [-0.2, 0) is 0 Å². The average molecular weight is 301 g/mol. The van der Waals surface area contributed by atoms with Crippen LogP contribution in [0, 0.1) is 24.7 Å². The molecule has 3 N–H and O–H groups in total. The van der Waals surface area contributed by atoms with Gasteiger partial charge in [0.25, 0.3) is 0 Å². The third-order valence-corrected chi connectivity index (χ3v) is 5.94. The molecule has 1 aromatic heterocycles. The molecule has 4 heteroatoms. The Kier molecular flexibility index (Phi) is 3.00. The summed E-state index contributed by atoms with van der Waals surface area (Å²) in [4.78, 5) is 5.13. The Morgan fingerprint density at radius 3 is 2.29 bits per heavy atom. The number of pyridine rings is 1. The van der Waals surface area contributed by atoms with Crippen LogP contribution in [0.25, 0.3) is 0 Å². The van der Waals surface area contributed by atoms with Gasteiger partial charge in [0.1, 0.15) is 10.8 Å². The van der Waals surface area contributed by atoms with Gasteiger partial charge in [0.2, 0.25) is 0 Å². The van der Waals surface area contributed by atoms with Crippen LogP contribution < -0.4 is 11.1 Å². The second-order valence-corrected chi connectivity index (χ2v) is 7.98. The summed E-state index contributed by atoms with van der Waals surface area (Å²) in [6.45, 7) is 2.02. The molecule has 21 heavy (non-hydrogen) atoms. The molecule has 5 rings (SSSR count). The van der Waals surface area contributed by atoms with Crippen molar-refractivity contribution in [3.63, 3.8) is 0 Å². The number of nitrogens with zero attached hydrogens (tertiary/aromatic N) is 1. The number of anilines is 1. The van der Waals surface area contributed by atoms with Gasteiger partial charge in [-0.05, 0) is 75.3 Å². The third-order valence-electron chi connectivity index (χ3n) is 5.72. The zero-order chi connectivity index (χ0) is 14.6. The van der Waals surface area contributed by atoms with Crippen LogP contribution in [0.2, 0.25) is 0 Å². The monoisotopic (exact) mass is 301 g/mol. The van der Waals surface area contributed by atoms with Gasteiger partial charge < -0.3 is 11.1 Å². The highest BCUT2D eigenvalue weighted by Crippen LogP contribution is 2.56. The van der Waals surface area contributed by atoms with Crippen molar-refractivity contribution in [2.24, 2.45) is 23.5 Å². The van der Waals surface area contributed by atoms with Crippen molar-refractivity contribution >= 4 is 23.0 Å². The lowest BCUT2D eigenvalue weighted by atomic mass is 9.53. The normalized spacial score (nSPS) is 36.7. The highest BCUT2D eigenvalue weighted by Gasteiger charge is 2.51. The van der Waals surface area contributed by atoms with Gasteiger partial charge in [0.05, 0.1) is 5.56 Å². The van der Waals surface area contributed by atoms with Crippen LogP contribution in [0.4, 0.5) is 5.82 Å². The number of aromatic nitrogens is 1. The fourth-order valence-corrected chi connectivity index (χ4v) is 5.53. The van der Waals surface area contributed by atoms with Gasteiger partial charge in [0, 0.05) is 11.2 Å². The second kappa shape index (κ2) is 4.67. The second-order valence-electron chi connectivity index (χ2n) is 7.54. The number of thiocarbonyl (C=S) groups is 1. The minimum atomic E-state index is 0.245. The fourth-order valence-electron chi connectivity index (χ4n) is 5.37. The van der Waals surface area contributed by atoms with Crippen molar-refractivity contribution in [3.8, 4) is 0 Å². The first-order valence-electron chi connectivity index (χ1n) is 8.09. The molecule has 4 aliphatic rings. The molecule has 0 saturated heterocycles. The number of nitrogens with two attached hydrogens (primary N) is 1. The first-order chi connectivity index (χ1) is 10.0. The van der Waals surface area contributed by atoms with Crippen molar-refractivity contribution in [2.45, 2.75) is 51.0 Å². The summed E-state index contributed by atoms with van der Waals surface area (Å²) in [5.41, 5.74) is 8.04. The molecule has 4 saturated carbocycles. The molecule has 0 amide bonds. The maximum Gasteiger partial charge on any atom is 0.136 e. The van der Waals surface area contributed by atoms with Gasteiger partial charge in [-0.2, -0.15) is 0 Å². The molecule has 0 atom stereocenters. The van der Waals surface area contributed by atoms with E-state index in [1.165, 1.54) is 38.5 Å². The average Bonchev–Trinajstić information content (AvgIpc) is 2.35. The number of hydrogen-bond acceptors (Lipinski definition) is 3. The van der Waals surface area contributed by atoms with Crippen molar-refractivity contribution in [2.75, 3.05) is 5.32 Å². The molecule has 1 heterocycles. The van der Waals surface area contributed by atoms with Crippen LogP contribution in [0.15, 0.2) is 12.1 Å². The van der Waals surface area contributed by atoms with Gasteiger partial charge in [-0.15, -0.1) is 0 Å². The summed E-state index contributed by atoms with van der Waals surface area (Å²) in [5, 5.41) is 3.80. The number of rotatable bonds is 3. The standard InChI is InChI=1S/C17H23N3S/c1-10-2-3-14(15(18)21)16(19-10)20-17-7-11-4-12(8-17)6-13(5-11)9-17/h2-3,11-13H,4-9H2,1H3,(H2,18,21)(H,19,20). The molecule has 4 aliphatic carbocycles. The van der Waals surface area contributed by atoms with E-state index in [4.69, 9.17) is 22.9 Å². The molecular weight excluding hydrogens is 278 g/mol. The molecule has 0 unspecified atom stereocenters. The van der Waals surface area contributed by atoms with Crippen molar-refractivity contribution in [3.05, 3.63) is 23.4 Å². The van der Waals surface area contributed by atoms with Crippen LogP contribution in [0.5, 0.6) is 0 Å². The summed E-state index contributed by atoms with van der Waals surface area (Å²) < 4.78 is 0. The molecule has 3 nitrogen and oxygen atoms in total. The summed E-state index contributed by atoms with van der Waals surface area (Å²) in [5.74, 6) is 3.66. The number of hydrogen-bond donors (Lipinski definition) is 2. The Hall–Kier alpha value is -1.16. The van der Waals surface area contributed by atoms with Gasteiger partial charge >= 0.3 is 0 Å². The lowest BCUT2D eigenvalue weighted by Crippen LogP contribution is -2.55. The van der Waals surface area contributed by atoms with Gasteiger partial charge in [0.15, 0.2) is 0 Å². The molecule has 4 bridgehead atoms. The Labute approximate surface area is 131 Å². The summed E-state index contributed by atoms with van der Waals surface area (Å²) in [6, 6.07) is 3.99. The van der Waals surface area contributed by atoms with E-state index in [1.54, 1.807) is 0 Å². The summed E-state index contributed by atoms with van der Waals surface area (Å²) >= 11 is 5.20. The minimum Gasteiger partial charge on any atom is -0.389 e. The quantitative estimate of drug-likeness (QED) is 0.840. The van der Waals surface area contributed by atoms with E-state index >= 15 is 0 Å². The Bertz CT molecular complexity index is 560.